The summed E-state index contributed by atoms with van der Waals surface area (Å²) in [6.45, 7) is 1.77. The van der Waals surface area contributed by atoms with Crippen molar-refractivity contribution < 1.29 is 24.5 Å². The van der Waals surface area contributed by atoms with Crippen LogP contribution >= 0.6 is 0 Å². The molecule has 2 heterocycles. The van der Waals surface area contributed by atoms with Gasteiger partial charge in [0.05, 0.1) is 6.61 Å². The molecule has 1 aromatic heterocycles. The maximum Gasteiger partial charge on any atom is 0.351 e. The van der Waals surface area contributed by atoms with Crippen molar-refractivity contribution >= 4 is 11.8 Å². The van der Waals surface area contributed by atoms with Crippen molar-refractivity contribution in [1.29, 1.82) is 0 Å². The summed E-state index contributed by atoms with van der Waals surface area (Å²) < 4.78 is 12.2. The van der Waals surface area contributed by atoms with Gasteiger partial charge in [-0.15, -0.1) is 0 Å². The molecule has 1 aliphatic rings. The Balaban J connectivity index is 1.65. The topological polar surface area (TPSA) is 137 Å². The maximum absolute atomic E-state index is 12.4. The molecule has 0 aromatic carbocycles. The predicted molar refractivity (Wildman–Crippen MR) is 130 cm³/mol. The van der Waals surface area contributed by atoms with E-state index in [4.69, 9.17) is 15.2 Å². The lowest BCUT2D eigenvalue weighted by atomic mass is 10.0. The number of esters is 1. The summed E-state index contributed by atoms with van der Waals surface area (Å²) in [5, 5.41) is 19.9. The van der Waals surface area contributed by atoms with Gasteiger partial charge in [-0.1, -0.05) is 84.0 Å². The Kier molecular flexibility index (Phi) is 13.2. The van der Waals surface area contributed by atoms with E-state index in [9.17, 15) is 19.8 Å². The lowest BCUT2D eigenvalue weighted by Gasteiger charge is -2.22. The molecule has 0 unspecified atom stereocenters. The third-order valence-electron chi connectivity index (χ3n) is 6.37. The molecule has 0 amide bonds. The van der Waals surface area contributed by atoms with Crippen molar-refractivity contribution in [3.05, 3.63) is 22.7 Å². The van der Waals surface area contributed by atoms with Crippen LogP contribution < -0.4 is 11.4 Å². The Hall–Kier alpha value is -1.97. The minimum absolute atomic E-state index is 0.0504. The zero-order valence-electron chi connectivity index (χ0n) is 20.6. The summed E-state index contributed by atoms with van der Waals surface area (Å²) in [4.78, 5) is 28.2. The number of carbonyl (C=O) groups is 1. The quantitative estimate of drug-likeness (QED) is 0.227. The molecule has 0 saturated carbocycles. The van der Waals surface area contributed by atoms with Crippen molar-refractivity contribution in [2.24, 2.45) is 0 Å². The normalized spacial score (nSPS) is 22.2. The number of aliphatic hydroxyl groups excluding tert-OH is 2. The molecule has 0 bridgehead atoms. The second kappa shape index (κ2) is 15.8. The second-order valence-electron chi connectivity index (χ2n) is 9.23. The lowest BCUT2D eigenvalue weighted by molar-refractivity contribution is -0.159. The first-order chi connectivity index (χ1) is 16.5. The van der Waals surface area contributed by atoms with Gasteiger partial charge in [0.15, 0.2) is 12.3 Å². The number of aromatic nitrogens is 2. The van der Waals surface area contributed by atoms with Crippen LogP contribution in [-0.4, -0.2) is 50.7 Å². The van der Waals surface area contributed by atoms with Crippen LogP contribution in [0, 0.1) is 0 Å². The molecule has 0 radical (unpaired) electrons. The van der Waals surface area contributed by atoms with E-state index in [1.807, 2.05) is 0 Å². The minimum Gasteiger partial charge on any atom is -0.455 e. The Bertz CT molecular complexity index is 771. The summed E-state index contributed by atoms with van der Waals surface area (Å²) in [7, 11) is 0. The van der Waals surface area contributed by atoms with Gasteiger partial charge in [0, 0.05) is 12.6 Å². The first-order valence-electron chi connectivity index (χ1n) is 13.0. The summed E-state index contributed by atoms with van der Waals surface area (Å²) in [6, 6.07) is 1.41. The highest BCUT2D eigenvalue weighted by Gasteiger charge is 2.47. The average Bonchev–Trinajstić information content (AvgIpc) is 3.12. The number of ether oxygens (including phenoxy) is 2. The summed E-state index contributed by atoms with van der Waals surface area (Å²) >= 11 is 0. The number of unbranched alkanes of at least 4 members (excludes halogenated alkanes) is 12. The first-order valence-corrected chi connectivity index (χ1v) is 13.0. The molecule has 0 aliphatic carbocycles. The Morgan fingerprint density at radius 3 is 2.15 bits per heavy atom. The van der Waals surface area contributed by atoms with Gasteiger partial charge >= 0.3 is 11.7 Å². The lowest BCUT2D eigenvalue weighted by Crippen LogP contribution is -2.39. The number of hydrogen-bond acceptors (Lipinski definition) is 8. The zero-order valence-corrected chi connectivity index (χ0v) is 20.6. The third-order valence-corrected chi connectivity index (χ3v) is 6.37. The largest absolute Gasteiger partial charge is 0.455 e. The number of aliphatic hydroxyl groups is 2. The van der Waals surface area contributed by atoms with Gasteiger partial charge in [0.1, 0.15) is 18.0 Å². The number of rotatable bonds is 17. The number of nitrogen functional groups attached to an aromatic ring is 1. The molecular weight excluding hydrogens is 438 g/mol. The molecule has 1 saturated heterocycles. The average molecular weight is 482 g/mol. The van der Waals surface area contributed by atoms with E-state index in [2.05, 4.69) is 11.9 Å². The molecular formula is C25H43N3O6. The van der Waals surface area contributed by atoms with Crippen molar-refractivity contribution in [2.75, 3.05) is 12.3 Å². The fraction of sp³-hybridized carbons (Fsp3) is 0.800. The first kappa shape index (κ1) is 28.3. The van der Waals surface area contributed by atoms with Crippen LogP contribution in [0.3, 0.4) is 0 Å². The van der Waals surface area contributed by atoms with Crippen LogP contribution in [0.25, 0.3) is 0 Å². The Morgan fingerprint density at radius 2 is 1.62 bits per heavy atom. The molecule has 0 spiro atoms. The molecule has 2 rings (SSSR count). The smallest absolute Gasteiger partial charge is 0.351 e. The molecule has 9 heteroatoms. The van der Waals surface area contributed by atoms with Crippen LogP contribution in [0.2, 0.25) is 0 Å². The van der Waals surface area contributed by atoms with E-state index in [-0.39, 0.29) is 12.2 Å². The van der Waals surface area contributed by atoms with E-state index in [1.54, 1.807) is 0 Å². The van der Waals surface area contributed by atoms with Crippen LogP contribution in [0.4, 0.5) is 5.82 Å². The van der Waals surface area contributed by atoms with Crippen molar-refractivity contribution in [3.8, 4) is 0 Å². The molecule has 4 N–H and O–H groups in total. The van der Waals surface area contributed by atoms with Gasteiger partial charge in [-0.3, -0.25) is 9.36 Å². The molecule has 1 aliphatic heterocycles. The van der Waals surface area contributed by atoms with Crippen molar-refractivity contribution in [3.63, 3.8) is 0 Å². The van der Waals surface area contributed by atoms with Crippen molar-refractivity contribution in [2.45, 2.75) is 121 Å². The monoisotopic (exact) mass is 481 g/mol. The van der Waals surface area contributed by atoms with Gasteiger partial charge < -0.3 is 25.4 Å². The second-order valence-corrected chi connectivity index (χ2v) is 9.23. The van der Waals surface area contributed by atoms with Gasteiger partial charge in [-0.05, 0) is 12.5 Å². The molecule has 34 heavy (non-hydrogen) atoms. The highest BCUT2D eigenvalue weighted by molar-refractivity contribution is 5.69. The molecule has 9 nitrogen and oxygen atoms in total. The summed E-state index contributed by atoms with van der Waals surface area (Å²) in [5.74, 6) is -0.412. The highest BCUT2D eigenvalue weighted by atomic mass is 16.6. The molecule has 4 atom stereocenters. The van der Waals surface area contributed by atoms with Crippen LogP contribution in [0.5, 0.6) is 0 Å². The third kappa shape index (κ3) is 9.35. The fourth-order valence-corrected chi connectivity index (χ4v) is 4.34. The minimum atomic E-state index is -1.25. The van der Waals surface area contributed by atoms with Crippen molar-refractivity contribution in [1.82, 2.24) is 9.55 Å². The van der Waals surface area contributed by atoms with Gasteiger partial charge in [-0.25, -0.2) is 4.79 Å². The number of hydrogen-bond donors (Lipinski definition) is 3. The predicted octanol–water partition coefficient (Wildman–Crippen LogP) is 3.47. The SMILES string of the molecule is CCCCCCCCCCCCCCCC(=O)O[C@H]1[C@H](O)[C@@H](CO)O[C@H]1n1ccc(N)nc1=O. The number of nitrogens with two attached hydrogens (primary N) is 1. The van der Waals surface area contributed by atoms with E-state index in [0.717, 1.165) is 17.4 Å². The molecule has 194 valence electrons. The van der Waals surface area contributed by atoms with E-state index < -0.39 is 42.8 Å². The Morgan fingerprint density at radius 1 is 1.06 bits per heavy atom. The number of carbonyl (C=O) groups excluding carboxylic acids is 1. The van der Waals surface area contributed by atoms with Gasteiger partial charge in [0.25, 0.3) is 0 Å². The van der Waals surface area contributed by atoms with Crippen LogP contribution in [0.15, 0.2) is 17.1 Å². The van der Waals surface area contributed by atoms with E-state index in [0.29, 0.717) is 6.42 Å². The zero-order chi connectivity index (χ0) is 24.8. The molecule has 1 aromatic rings. The number of nitrogens with zero attached hydrogens (tertiary/aromatic N) is 2. The van der Waals surface area contributed by atoms with Crippen LogP contribution in [0.1, 0.15) is 103 Å². The fourth-order valence-electron chi connectivity index (χ4n) is 4.34. The standard InChI is InChI=1S/C25H43N3O6/c1-2-3-4-5-6-7-8-9-10-11-12-13-14-15-21(30)34-23-22(31)19(18-29)33-24(23)28-17-16-20(26)27-25(28)32/h16-17,19,22-24,29,31H,2-15,18H2,1H3,(H2,26,27,32)/t19-,22-,23+,24-/m1/s1. The maximum atomic E-state index is 12.4. The summed E-state index contributed by atoms with van der Waals surface area (Å²) in [5.41, 5.74) is 4.84. The van der Waals surface area contributed by atoms with E-state index in [1.165, 1.54) is 76.5 Å². The van der Waals surface area contributed by atoms with Gasteiger partial charge in [0.2, 0.25) is 0 Å². The van der Waals surface area contributed by atoms with Gasteiger partial charge in [-0.2, -0.15) is 4.98 Å². The number of anilines is 1. The summed E-state index contributed by atoms with van der Waals surface area (Å²) in [6.07, 6.45) is 13.0. The van der Waals surface area contributed by atoms with Crippen LogP contribution in [-0.2, 0) is 14.3 Å². The van der Waals surface area contributed by atoms with E-state index >= 15 is 0 Å². The highest BCUT2D eigenvalue weighted by Crippen LogP contribution is 2.31. The molecule has 1 fully saturated rings. The Labute approximate surface area is 202 Å².